The minimum absolute atomic E-state index is 0.178. The number of hydrogen-bond donors (Lipinski definition) is 1. The molecule has 0 saturated carbocycles. The standard InChI is InChI=1S/C7H9N.C6H8O2.C2H6/c1-8-7-5-3-2-4-6-7;1-5-2-3-6(7)4-8-5;1-2/h2-6,8H,1H3;1-4H2;1-2H3. The van der Waals surface area contributed by atoms with Gasteiger partial charge in [0.1, 0.15) is 6.61 Å². The number of para-hydroxylation sites is 1. The fourth-order valence-electron chi connectivity index (χ4n) is 1.21. The van der Waals surface area contributed by atoms with Crippen molar-refractivity contribution in [1.29, 1.82) is 0 Å². The van der Waals surface area contributed by atoms with Crippen LogP contribution in [0.3, 0.4) is 0 Å². The molecule has 1 N–H and O–H groups in total. The van der Waals surface area contributed by atoms with Crippen molar-refractivity contribution >= 4 is 11.5 Å². The van der Waals surface area contributed by atoms with Gasteiger partial charge in [0.15, 0.2) is 5.78 Å². The van der Waals surface area contributed by atoms with E-state index in [1.165, 1.54) is 0 Å². The summed E-state index contributed by atoms with van der Waals surface area (Å²) in [5.74, 6) is 0.919. The number of nitrogens with one attached hydrogen (secondary N) is 1. The monoisotopic (exact) mass is 249 g/mol. The van der Waals surface area contributed by atoms with Crippen LogP contribution in [0.25, 0.3) is 0 Å². The molecule has 0 amide bonds. The van der Waals surface area contributed by atoms with Crippen LogP contribution in [0, 0.1) is 0 Å². The van der Waals surface area contributed by atoms with Crippen molar-refractivity contribution in [1.82, 2.24) is 0 Å². The van der Waals surface area contributed by atoms with Crippen molar-refractivity contribution < 1.29 is 9.53 Å². The number of ketones is 1. The molecule has 0 bridgehead atoms. The maximum absolute atomic E-state index is 10.4. The summed E-state index contributed by atoms with van der Waals surface area (Å²) in [6.45, 7) is 7.81. The molecule has 0 radical (unpaired) electrons. The highest BCUT2D eigenvalue weighted by atomic mass is 16.5. The molecule has 0 atom stereocenters. The van der Waals surface area contributed by atoms with E-state index in [1.807, 2.05) is 51.2 Å². The van der Waals surface area contributed by atoms with Crippen LogP contribution in [0.2, 0.25) is 0 Å². The topological polar surface area (TPSA) is 38.3 Å². The predicted molar refractivity (Wildman–Crippen MR) is 76.7 cm³/mol. The third-order valence-corrected chi connectivity index (χ3v) is 2.18. The lowest BCUT2D eigenvalue weighted by atomic mass is 10.2. The van der Waals surface area contributed by atoms with Gasteiger partial charge in [-0.05, 0) is 12.1 Å². The first-order chi connectivity index (χ1) is 8.72. The van der Waals surface area contributed by atoms with E-state index in [-0.39, 0.29) is 12.4 Å². The fraction of sp³-hybridized carbons (Fsp3) is 0.400. The number of hydrogen-bond acceptors (Lipinski definition) is 3. The Bertz CT molecular complexity index is 319. The van der Waals surface area contributed by atoms with Gasteiger partial charge in [0, 0.05) is 25.6 Å². The van der Waals surface area contributed by atoms with Gasteiger partial charge >= 0.3 is 0 Å². The number of anilines is 1. The van der Waals surface area contributed by atoms with E-state index in [0.717, 1.165) is 11.4 Å². The lowest BCUT2D eigenvalue weighted by Gasteiger charge is -2.12. The molecule has 1 fully saturated rings. The van der Waals surface area contributed by atoms with Crippen molar-refractivity contribution in [3.63, 3.8) is 0 Å². The van der Waals surface area contributed by atoms with E-state index in [1.54, 1.807) is 0 Å². The molecule has 18 heavy (non-hydrogen) atoms. The van der Waals surface area contributed by atoms with Gasteiger partial charge in [-0.25, -0.2) is 0 Å². The molecule has 1 aromatic rings. The average molecular weight is 249 g/mol. The molecule has 1 heterocycles. The van der Waals surface area contributed by atoms with Gasteiger partial charge in [0.25, 0.3) is 0 Å². The van der Waals surface area contributed by atoms with Crippen LogP contribution in [0.4, 0.5) is 5.69 Å². The first-order valence-corrected chi connectivity index (χ1v) is 6.27. The number of carbonyl (C=O) groups is 1. The summed E-state index contributed by atoms with van der Waals surface area (Å²) in [5.41, 5.74) is 1.16. The first kappa shape index (κ1) is 16.2. The average Bonchev–Trinajstić information content (AvgIpc) is 2.46. The van der Waals surface area contributed by atoms with Crippen LogP contribution in [-0.2, 0) is 9.53 Å². The van der Waals surface area contributed by atoms with Gasteiger partial charge in [-0.15, -0.1) is 0 Å². The molecule has 1 aliphatic rings. The van der Waals surface area contributed by atoms with Gasteiger partial charge in [0.2, 0.25) is 0 Å². The summed E-state index contributed by atoms with van der Waals surface area (Å²) in [4.78, 5) is 10.4. The van der Waals surface area contributed by atoms with Crippen molar-refractivity contribution in [3.05, 3.63) is 42.7 Å². The van der Waals surface area contributed by atoms with E-state index >= 15 is 0 Å². The second kappa shape index (κ2) is 10.4. The van der Waals surface area contributed by atoms with Crippen molar-refractivity contribution in [2.45, 2.75) is 26.7 Å². The highest BCUT2D eigenvalue weighted by molar-refractivity contribution is 5.80. The van der Waals surface area contributed by atoms with E-state index in [2.05, 4.69) is 11.9 Å². The summed E-state index contributed by atoms with van der Waals surface area (Å²) in [7, 11) is 1.91. The number of carbonyl (C=O) groups excluding carboxylic acids is 1. The van der Waals surface area contributed by atoms with E-state index in [4.69, 9.17) is 4.74 Å². The molecule has 100 valence electrons. The molecule has 1 aromatic carbocycles. The van der Waals surface area contributed by atoms with Crippen molar-refractivity contribution in [2.75, 3.05) is 19.0 Å². The third-order valence-electron chi connectivity index (χ3n) is 2.18. The Morgan fingerprint density at radius 2 is 1.78 bits per heavy atom. The Morgan fingerprint density at radius 1 is 1.17 bits per heavy atom. The van der Waals surface area contributed by atoms with E-state index in [0.29, 0.717) is 12.8 Å². The second-order valence-corrected chi connectivity index (χ2v) is 3.48. The van der Waals surface area contributed by atoms with Crippen molar-refractivity contribution in [2.24, 2.45) is 0 Å². The van der Waals surface area contributed by atoms with Crippen LogP contribution in [0.15, 0.2) is 42.7 Å². The van der Waals surface area contributed by atoms with Crippen LogP contribution in [0.5, 0.6) is 0 Å². The van der Waals surface area contributed by atoms with Crippen molar-refractivity contribution in [3.8, 4) is 0 Å². The lowest BCUT2D eigenvalue weighted by molar-refractivity contribution is -0.124. The molecule has 2 rings (SSSR count). The van der Waals surface area contributed by atoms with E-state index < -0.39 is 0 Å². The first-order valence-electron chi connectivity index (χ1n) is 6.27. The van der Waals surface area contributed by atoms with Crippen LogP contribution in [0.1, 0.15) is 26.7 Å². The van der Waals surface area contributed by atoms with Crippen LogP contribution >= 0.6 is 0 Å². The normalized spacial score (nSPS) is 13.3. The fourth-order valence-corrected chi connectivity index (χ4v) is 1.21. The number of allylic oxidation sites excluding steroid dienone is 1. The number of rotatable bonds is 1. The maximum atomic E-state index is 10.4. The Morgan fingerprint density at radius 3 is 2.11 bits per heavy atom. The molecule has 3 heteroatoms. The molecule has 1 aliphatic heterocycles. The largest absolute Gasteiger partial charge is 0.491 e. The molecule has 3 nitrogen and oxygen atoms in total. The number of ether oxygens (including phenoxy) is 1. The Balaban J connectivity index is 0.000000283. The SMILES string of the molecule is C=C1CCC(=O)CO1.CC.CNc1ccccc1. The van der Waals surface area contributed by atoms with Crippen LogP contribution in [-0.4, -0.2) is 19.4 Å². The minimum Gasteiger partial charge on any atom is -0.491 e. The predicted octanol–water partition coefficient (Wildman–Crippen LogP) is 3.63. The minimum atomic E-state index is 0.178. The number of benzene rings is 1. The van der Waals surface area contributed by atoms with Gasteiger partial charge in [0.05, 0.1) is 5.76 Å². The highest BCUT2D eigenvalue weighted by Crippen LogP contribution is 2.10. The molecular weight excluding hydrogens is 226 g/mol. The molecule has 0 aromatic heterocycles. The molecule has 0 aliphatic carbocycles. The summed E-state index contributed by atoms with van der Waals surface area (Å²) in [6, 6.07) is 10.1. The quantitative estimate of drug-likeness (QED) is 0.826. The molecule has 1 saturated heterocycles. The zero-order valence-corrected chi connectivity index (χ0v) is 11.5. The van der Waals surface area contributed by atoms with E-state index in [9.17, 15) is 4.79 Å². The smallest absolute Gasteiger partial charge is 0.170 e. The highest BCUT2D eigenvalue weighted by Gasteiger charge is 2.10. The summed E-state index contributed by atoms with van der Waals surface area (Å²) in [5, 5.41) is 3.03. The third kappa shape index (κ3) is 7.49. The van der Waals surface area contributed by atoms with Crippen LogP contribution < -0.4 is 5.32 Å². The van der Waals surface area contributed by atoms with Gasteiger partial charge in [-0.2, -0.15) is 0 Å². The molecule has 0 spiro atoms. The van der Waals surface area contributed by atoms with Gasteiger partial charge in [-0.3, -0.25) is 4.79 Å². The molecular formula is C15H23NO2. The Labute approximate surface area is 110 Å². The number of Topliss-reactive ketones (excluding diaryl/α,β-unsaturated/α-hetero) is 1. The Kier molecular flexibility index (Phi) is 9.37. The zero-order chi connectivity index (χ0) is 13.8. The lowest BCUT2D eigenvalue weighted by Crippen LogP contribution is -2.13. The zero-order valence-electron chi connectivity index (χ0n) is 11.5. The summed E-state index contributed by atoms with van der Waals surface area (Å²) >= 11 is 0. The van der Waals surface area contributed by atoms with Gasteiger partial charge < -0.3 is 10.1 Å². The second-order valence-electron chi connectivity index (χ2n) is 3.48. The maximum Gasteiger partial charge on any atom is 0.170 e. The van der Waals surface area contributed by atoms with Gasteiger partial charge in [-0.1, -0.05) is 38.6 Å². The summed E-state index contributed by atoms with van der Waals surface area (Å²) < 4.78 is 4.85. The Hall–Kier alpha value is -1.77. The molecule has 0 unspecified atom stereocenters. The summed E-state index contributed by atoms with van der Waals surface area (Å²) in [6.07, 6.45) is 1.32.